The number of benzene rings is 2. The molecule has 0 aliphatic rings. The minimum atomic E-state index is -0.130. The molecule has 0 aliphatic heterocycles. The average molecular weight is 396 g/mol. The van der Waals surface area contributed by atoms with Gasteiger partial charge in [-0.1, -0.05) is 86.2 Å². The highest BCUT2D eigenvalue weighted by Crippen LogP contribution is 2.25. The Morgan fingerprint density at radius 2 is 1.74 bits per heavy atom. The van der Waals surface area contributed by atoms with Crippen LogP contribution in [0.15, 0.2) is 53.3 Å². The molecule has 2 aromatic heterocycles. The quantitative estimate of drug-likeness (QED) is 0.508. The van der Waals surface area contributed by atoms with Gasteiger partial charge < -0.3 is 0 Å². The molecule has 0 spiro atoms. The van der Waals surface area contributed by atoms with E-state index in [2.05, 4.69) is 43.1 Å². The molecule has 6 heteroatoms. The van der Waals surface area contributed by atoms with Crippen molar-refractivity contribution in [2.45, 2.75) is 26.2 Å². The summed E-state index contributed by atoms with van der Waals surface area (Å²) in [5.74, 6) is 0.561. The monoisotopic (exact) mass is 395 g/mol. The number of hydrogen-bond donors (Lipinski definition) is 0. The number of hydrogen-bond acceptors (Lipinski definition) is 4. The van der Waals surface area contributed by atoms with E-state index in [0.29, 0.717) is 20.3 Å². The summed E-state index contributed by atoms with van der Waals surface area (Å²) in [7, 11) is 0. The third kappa shape index (κ3) is 3.29. The smallest absolute Gasteiger partial charge is 0.267 e. The number of thiazole rings is 1. The molecular formula is C21H18ClN3OS. The fourth-order valence-corrected chi connectivity index (χ4v) is 4.00. The van der Waals surface area contributed by atoms with Gasteiger partial charge in [0.15, 0.2) is 5.82 Å². The van der Waals surface area contributed by atoms with E-state index in [4.69, 9.17) is 11.6 Å². The highest BCUT2D eigenvalue weighted by atomic mass is 35.5. The first kappa shape index (κ1) is 17.9. The molecule has 0 radical (unpaired) electrons. The van der Waals surface area contributed by atoms with E-state index in [1.54, 1.807) is 16.5 Å². The molecule has 4 rings (SSSR count). The van der Waals surface area contributed by atoms with Crippen LogP contribution >= 0.6 is 22.9 Å². The van der Waals surface area contributed by atoms with Gasteiger partial charge >= 0.3 is 0 Å². The largest absolute Gasteiger partial charge is 0.276 e. The Bertz CT molecular complexity index is 1230. The predicted molar refractivity (Wildman–Crippen MR) is 112 cm³/mol. The zero-order valence-corrected chi connectivity index (χ0v) is 16.8. The van der Waals surface area contributed by atoms with E-state index in [1.807, 2.05) is 30.3 Å². The van der Waals surface area contributed by atoms with E-state index >= 15 is 0 Å². The predicted octanol–water partition coefficient (Wildman–Crippen LogP) is 4.32. The first-order valence-corrected chi connectivity index (χ1v) is 9.79. The number of nitrogens with zero attached hydrogens (tertiary/aromatic N) is 3. The Hall–Kier alpha value is -2.50. The molecule has 0 saturated heterocycles. The molecule has 0 N–H and O–H groups in total. The average Bonchev–Trinajstić information content (AvgIpc) is 3.17. The van der Waals surface area contributed by atoms with Gasteiger partial charge in [0.25, 0.3) is 5.56 Å². The van der Waals surface area contributed by atoms with Gasteiger partial charge in [-0.3, -0.25) is 4.79 Å². The third-order valence-electron chi connectivity index (χ3n) is 4.45. The number of aromatic nitrogens is 3. The second-order valence-corrected chi connectivity index (χ2v) is 8.82. The molecule has 4 aromatic rings. The molecule has 0 atom stereocenters. The van der Waals surface area contributed by atoms with Crippen molar-refractivity contribution in [1.29, 1.82) is 0 Å². The van der Waals surface area contributed by atoms with E-state index in [0.717, 1.165) is 11.1 Å². The van der Waals surface area contributed by atoms with Gasteiger partial charge in [0, 0.05) is 10.6 Å². The highest BCUT2D eigenvalue weighted by molar-refractivity contribution is 7.15. The third-order valence-corrected chi connectivity index (χ3v) is 5.75. The van der Waals surface area contributed by atoms with Gasteiger partial charge in [-0.2, -0.15) is 0 Å². The van der Waals surface area contributed by atoms with E-state index in [-0.39, 0.29) is 11.0 Å². The zero-order valence-electron chi connectivity index (χ0n) is 15.2. The molecule has 0 aliphatic carbocycles. The lowest BCUT2D eigenvalue weighted by atomic mass is 9.87. The van der Waals surface area contributed by atoms with Crippen LogP contribution in [0.25, 0.3) is 22.4 Å². The molecule has 136 valence electrons. The van der Waals surface area contributed by atoms with E-state index < -0.39 is 0 Å². The van der Waals surface area contributed by atoms with Crippen molar-refractivity contribution in [3.05, 3.63) is 79.6 Å². The maximum absolute atomic E-state index is 12.9. The molecule has 0 amide bonds. The molecule has 0 unspecified atom stereocenters. The van der Waals surface area contributed by atoms with Gasteiger partial charge in [0.05, 0.1) is 4.53 Å². The summed E-state index contributed by atoms with van der Waals surface area (Å²) >= 11 is 7.53. The Morgan fingerprint density at radius 3 is 2.41 bits per heavy atom. The second kappa shape index (κ2) is 6.59. The van der Waals surface area contributed by atoms with Crippen molar-refractivity contribution < 1.29 is 0 Å². The summed E-state index contributed by atoms with van der Waals surface area (Å²) in [6, 6.07) is 15.6. The minimum absolute atomic E-state index is 0.0713. The SMILES string of the molecule is CC(C)(C)c1ccc(-c2nnc3sc(=Cc4ccccc4Cl)c(=O)n23)cc1. The summed E-state index contributed by atoms with van der Waals surface area (Å²) in [6.45, 7) is 6.51. The lowest BCUT2D eigenvalue weighted by Gasteiger charge is -2.18. The van der Waals surface area contributed by atoms with E-state index in [1.165, 1.54) is 16.9 Å². The first-order valence-electron chi connectivity index (χ1n) is 8.60. The highest BCUT2D eigenvalue weighted by Gasteiger charge is 2.17. The van der Waals surface area contributed by atoms with Gasteiger partial charge in [-0.15, -0.1) is 10.2 Å². The topological polar surface area (TPSA) is 47.3 Å². The lowest BCUT2D eigenvalue weighted by molar-refractivity contribution is 0.590. The van der Waals surface area contributed by atoms with Crippen molar-refractivity contribution in [3.63, 3.8) is 0 Å². The van der Waals surface area contributed by atoms with Crippen molar-refractivity contribution in [3.8, 4) is 11.4 Å². The Labute approximate surface area is 165 Å². The van der Waals surface area contributed by atoms with Crippen LogP contribution in [0.1, 0.15) is 31.9 Å². The number of halogens is 1. The summed E-state index contributed by atoms with van der Waals surface area (Å²) < 4.78 is 2.15. The van der Waals surface area contributed by atoms with Crippen molar-refractivity contribution >= 4 is 34.0 Å². The van der Waals surface area contributed by atoms with Crippen LogP contribution < -0.4 is 10.1 Å². The van der Waals surface area contributed by atoms with Gasteiger partial charge in [0.1, 0.15) is 0 Å². The van der Waals surface area contributed by atoms with Crippen LogP contribution in [0.3, 0.4) is 0 Å². The van der Waals surface area contributed by atoms with Gasteiger partial charge in [-0.25, -0.2) is 4.40 Å². The maximum atomic E-state index is 12.9. The summed E-state index contributed by atoms with van der Waals surface area (Å²) in [6.07, 6.45) is 1.80. The van der Waals surface area contributed by atoms with Gasteiger partial charge in [-0.05, 0) is 28.7 Å². The van der Waals surface area contributed by atoms with Gasteiger partial charge in [0.2, 0.25) is 4.96 Å². The summed E-state index contributed by atoms with van der Waals surface area (Å²) in [5, 5.41) is 9.03. The van der Waals surface area contributed by atoms with Crippen LogP contribution in [0.5, 0.6) is 0 Å². The Morgan fingerprint density at radius 1 is 1.04 bits per heavy atom. The Balaban J connectivity index is 1.84. The molecule has 0 bridgehead atoms. The van der Waals surface area contributed by atoms with Crippen LogP contribution in [0.2, 0.25) is 5.02 Å². The summed E-state index contributed by atoms with van der Waals surface area (Å²) in [4.78, 5) is 13.5. The number of rotatable bonds is 2. The number of fused-ring (bicyclic) bond motifs is 1. The maximum Gasteiger partial charge on any atom is 0.276 e. The minimum Gasteiger partial charge on any atom is -0.267 e. The molecule has 0 saturated carbocycles. The van der Waals surface area contributed by atoms with Crippen molar-refractivity contribution in [2.24, 2.45) is 0 Å². The van der Waals surface area contributed by atoms with E-state index in [9.17, 15) is 4.79 Å². The molecule has 2 heterocycles. The van der Waals surface area contributed by atoms with Crippen molar-refractivity contribution in [1.82, 2.24) is 14.6 Å². The normalized spacial score (nSPS) is 12.8. The summed E-state index contributed by atoms with van der Waals surface area (Å²) in [5.41, 5.74) is 2.85. The standard InChI is InChI=1S/C21H18ClN3OS/c1-21(2,3)15-10-8-13(9-11-15)18-23-24-20-25(18)19(26)17(27-20)12-14-6-4-5-7-16(14)22/h4-12H,1-3H3. The fourth-order valence-electron chi connectivity index (χ4n) is 2.90. The lowest BCUT2D eigenvalue weighted by Crippen LogP contribution is -2.23. The first-order chi connectivity index (χ1) is 12.8. The molecule has 2 aromatic carbocycles. The molecule has 27 heavy (non-hydrogen) atoms. The molecule has 0 fully saturated rings. The second-order valence-electron chi connectivity index (χ2n) is 7.41. The Kier molecular flexibility index (Phi) is 4.36. The zero-order chi connectivity index (χ0) is 19.2. The fraction of sp³-hybridized carbons (Fsp3) is 0.190. The van der Waals surface area contributed by atoms with Crippen LogP contribution in [0, 0.1) is 0 Å². The van der Waals surface area contributed by atoms with Crippen LogP contribution in [0.4, 0.5) is 0 Å². The molecule has 4 nitrogen and oxygen atoms in total. The van der Waals surface area contributed by atoms with Crippen molar-refractivity contribution in [2.75, 3.05) is 0 Å². The molecular weight excluding hydrogens is 378 g/mol. The van der Waals surface area contributed by atoms with Crippen LogP contribution in [-0.4, -0.2) is 14.6 Å². The van der Waals surface area contributed by atoms with Crippen LogP contribution in [-0.2, 0) is 5.41 Å².